The van der Waals surface area contributed by atoms with Gasteiger partial charge in [-0.3, -0.25) is 4.79 Å². The predicted octanol–water partition coefficient (Wildman–Crippen LogP) is 3.98. The minimum Gasteiger partial charge on any atom is -0.300 e. The summed E-state index contributed by atoms with van der Waals surface area (Å²) in [5, 5.41) is 0. The number of carbonyl (C=O) groups excluding carboxylic acids is 1. The molecule has 0 bridgehead atoms. The van der Waals surface area contributed by atoms with E-state index < -0.39 is 0 Å². The summed E-state index contributed by atoms with van der Waals surface area (Å²) in [5.41, 5.74) is 0.331. The van der Waals surface area contributed by atoms with Crippen LogP contribution >= 0.6 is 0 Å². The molecule has 14 heavy (non-hydrogen) atoms. The Kier molecular flexibility index (Phi) is 5.75. The Hall–Kier alpha value is -0.590. The molecule has 0 aromatic heterocycles. The molecule has 0 fully saturated rings. The number of hydrogen-bond donors (Lipinski definition) is 0. The van der Waals surface area contributed by atoms with E-state index >= 15 is 0 Å². The lowest BCUT2D eigenvalue weighted by atomic mass is 9.83. The van der Waals surface area contributed by atoms with E-state index in [-0.39, 0.29) is 0 Å². The number of hydrogen-bond acceptors (Lipinski definition) is 1. The van der Waals surface area contributed by atoms with Crippen LogP contribution in [-0.2, 0) is 4.79 Å². The maximum absolute atomic E-state index is 11.5. The molecule has 0 saturated heterocycles. The SMILES string of the molecule is C=CCCC(=O)CC(C)CC(C)(C)C. The fourth-order valence-electron chi connectivity index (χ4n) is 1.87. The molecule has 0 aliphatic carbocycles. The summed E-state index contributed by atoms with van der Waals surface area (Å²) in [4.78, 5) is 11.5. The summed E-state index contributed by atoms with van der Waals surface area (Å²) < 4.78 is 0. The lowest BCUT2D eigenvalue weighted by molar-refractivity contribution is -0.119. The van der Waals surface area contributed by atoms with E-state index in [1.54, 1.807) is 0 Å². The first kappa shape index (κ1) is 13.4. The van der Waals surface area contributed by atoms with Gasteiger partial charge in [0.15, 0.2) is 0 Å². The van der Waals surface area contributed by atoms with Crippen LogP contribution in [0.2, 0.25) is 0 Å². The standard InChI is InChI=1S/C13H24O/c1-6-7-8-12(14)9-11(2)10-13(3,4)5/h6,11H,1,7-10H2,2-5H3. The van der Waals surface area contributed by atoms with Gasteiger partial charge in [-0.15, -0.1) is 6.58 Å². The average Bonchev–Trinajstić information content (AvgIpc) is 1.96. The van der Waals surface area contributed by atoms with E-state index in [1.165, 1.54) is 0 Å². The third kappa shape index (κ3) is 8.03. The van der Waals surface area contributed by atoms with Crippen molar-refractivity contribution in [2.24, 2.45) is 11.3 Å². The molecule has 82 valence electrons. The first-order valence-electron chi connectivity index (χ1n) is 5.48. The monoisotopic (exact) mass is 196 g/mol. The zero-order valence-corrected chi connectivity index (χ0v) is 10.1. The quantitative estimate of drug-likeness (QED) is 0.587. The van der Waals surface area contributed by atoms with Crippen molar-refractivity contribution >= 4 is 5.78 Å². The van der Waals surface area contributed by atoms with Crippen LogP contribution in [0.5, 0.6) is 0 Å². The highest BCUT2D eigenvalue weighted by Gasteiger charge is 2.17. The second-order valence-electron chi connectivity index (χ2n) is 5.44. The molecule has 0 radical (unpaired) electrons. The largest absolute Gasteiger partial charge is 0.300 e. The number of allylic oxidation sites excluding steroid dienone is 1. The molecule has 0 spiro atoms. The molecular weight excluding hydrogens is 172 g/mol. The summed E-state index contributed by atoms with van der Waals surface area (Å²) in [5.74, 6) is 0.883. The highest BCUT2D eigenvalue weighted by Crippen LogP contribution is 2.26. The van der Waals surface area contributed by atoms with Gasteiger partial charge in [0, 0.05) is 12.8 Å². The van der Waals surface area contributed by atoms with Crippen molar-refractivity contribution < 1.29 is 4.79 Å². The van der Waals surface area contributed by atoms with Gasteiger partial charge in [-0.2, -0.15) is 0 Å². The first-order valence-corrected chi connectivity index (χ1v) is 5.48. The topological polar surface area (TPSA) is 17.1 Å². The van der Waals surface area contributed by atoms with Crippen molar-refractivity contribution in [3.63, 3.8) is 0 Å². The zero-order valence-electron chi connectivity index (χ0n) is 10.1. The Bertz CT molecular complexity index is 186. The number of ketones is 1. The Morgan fingerprint density at radius 3 is 2.43 bits per heavy atom. The predicted molar refractivity (Wildman–Crippen MR) is 62.3 cm³/mol. The third-order valence-electron chi connectivity index (χ3n) is 2.16. The van der Waals surface area contributed by atoms with Crippen LogP contribution < -0.4 is 0 Å². The van der Waals surface area contributed by atoms with Crippen molar-refractivity contribution in [1.82, 2.24) is 0 Å². The molecule has 0 aliphatic rings. The number of rotatable bonds is 6. The van der Waals surface area contributed by atoms with Crippen LogP contribution in [0, 0.1) is 11.3 Å². The van der Waals surface area contributed by atoms with E-state index in [0.717, 1.165) is 19.3 Å². The molecule has 1 unspecified atom stereocenters. The van der Waals surface area contributed by atoms with Crippen LogP contribution in [0.15, 0.2) is 12.7 Å². The van der Waals surface area contributed by atoms with E-state index in [4.69, 9.17) is 0 Å². The average molecular weight is 196 g/mol. The van der Waals surface area contributed by atoms with Crippen LogP contribution in [0.25, 0.3) is 0 Å². The lowest BCUT2D eigenvalue weighted by Gasteiger charge is -2.22. The fraction of sp³-hybridized carbons (Fsp3) is 0.769. The van der Waals surface area contributed by atoms with Crippen LogP contribution in [-0.4, -0.2) is 5.78 Å². The van der Waals surface area contributed by atoms with E-state index in [9.17, 15) is 4.79 Å². The van der Waals surface area contributed by atoms with Crippen LogP contribution in [0.4, 0.5) is 0 Å². The Balaban J connectivity index is 3.76. The smallest absolute Gasteiger partial charge is 0.133 e. The molecule has 0 heterocycles. The van der Waals surface area contributed by atoms with Crippen molar-refractivity contribution in [3.8, 4) is 0 Å². The second-order valence-corrected chi connectivity index (χ2v) is 5.44. The lowest BCUT2D eigenvalue weighted by Crippen LogP contribution is -2.14. The molecule has 0 aliphatic heterocycles. The van der Waals surface area contributed by atoms with Crippen LogP contribution in [0.1, 0.15) is 53.4 Å². The van der Waals surface area contributed by atoms with Gasteiger partial charge in [-0.25, -0.2) is 0 Å². The molecule has 0 aromatic rings. The maximum atomic E-state index is 11.5. The molecule has 1 heteroatoms. The van der Waals surface area contributed by atoms with Gasteiger partial charge in [0.1, 0.15) is 5.78 Å². The van der Waals surface area contributed by atoms with Gasteiger partial charge in [0.2, 0.25) is 0 Å². The van der Waals surface area contributed by atoms with Crippen LogP contribution in [0.3, 0.4) is 0 Å². The van der Waals surface area contributed by atoms with E-state index in [0.29, 0.717) is 23.5 Å². The molecule has 0 rings (SSSR count). The van der Waals surface area contributed by atoms with E-state index in [2.05, 4.69) is 34.3 Å². The minimum absolute atomic E-state index is 0.331. The summed E-state index contributed by atoms with van der Waals surface area (Å²) >= 11 is 0. The zero-order chi connectivity index (χ0) is 11.2. The summed E-state index contributed by atoms with van der Waals surface area (Å²) in [6.07, 6.45) is 5.14. The Labute approximate surface area is 88.6 Å². The van der Waals surface area contributed by atoms with Gasteiger partial charge >= 0.3 is 0 Å². The third-order valence-corrected chi connectivity index (χ3v) is 2.16. The Morgan fingerprint density at radius 2 is 2.00 bits per heavy atom. The second kappa shape index (κ2) is 6.00. The highest BCUT2D eigenvalue weighted by atomic mass is 16.1. The van der Waals surface area contributed by atoms with Gasteiger partial charge in [0.25, 0.3) is 0 Å². The van der Waals surface area contributed by atoms with E-state index in [1.807, 2.05) is 6.08 Å². The molecular formula is C13H24O. The summed E-state index contributed by atoms with van der Waals surface area (Å²) in [6, 6.07) is 0. The molecule has 0 aromatic carbocycles. The molecule has 1 atom stereocenters. The van der Waals surface area contributed by atoms with Gasteiger partial charge in [-0.05, 0) is 24.2 Å². The van der Waals surface area contributed by atoms with Gasteiger partial charge < -0.3 is 0 Å². The normalized spacial score (nSPS) is 13.7. The molecule has 0 amide bonds. The van der Waals surface area contributed by atoms with Gasteiger partial charge in [0.05, 0.1) is 0 Å². The molecule has 0 N–H and O–H groups in total. The van der Waals surface area contributed by atoms with Crippen molar-refractivity contribution in [2.75, 3.05) is 0 Å². The Morgan fingerprint density at radius 1 is 1.43 bits per heavy atom. The number of Topliss-reactive ketones (excluding diaryl/α,β-unsaturated/α-hetero) is 1. The van der Waals surface area contributed by atoms with Crippen molar-refractivity contribution in [1.29, 1.82) is 0 Å². The molecule has 0 saturated carbocycles. The number of carbonyl (C=O) groups is 1. The molecule has 1 nitrogen and oxygen atoms in total. The highest BCUT2D eigenvalue weighted by molar-refractivity contribution is 5.78. The van der Waals surface area contributed by atoms with Crippen molar-refractivity contribution in [3.05, 3.63) is 12.7 Å². The minimum atomic E-state index is 0.331. The first-order chi connectivity index (χ1) is 6.35. The maximum Gasteiger partial charge on any atom is 0.133 e. The fourth-order valence-corrected chi connectivity index (χ4v) is 1.87. The summed E-state index contributed by atoms with van der Waals surface area (Å²) in [6.45, 7) is 12.4. The van der Waals surface area contributed by atoms with Crippen molar-refractivity contribution in [2.45, 2.75) is 53.4 Å². The summed E-state index contributed by atoms with van der Waals surface area (Å²) in [7, 11) is 0. The van der Waals surface area contributed by atoms with Gasteiger partial charge in [-0.1, -0.05) is 33.8 Å².